The van der Waals surface area contributed by atoms with E-state index in [9.17, 15) is 28.3 Å². The molecule has 1 saturated carbocycles. The molecule has 1 aliphatic rings. The summed E-state index contributed by atoms with van der Waals surface area (Å²) >= 11 is 0. The number of amides is 1. The fraction of sp³-hybridized carbons (Fsp3) is 0.433. The number of hydrogen-bond acceptors (Lipinski definition) is 7. The number of nitriles is 1. The summed E-state index contributed by atoms with van der Waals surface area (Å²) in [6, 6.07) is 9.13. The highest BCUT2D eigenvalue weighted by Gasteiger charge is 2.29. The monoisotopic (exact) mass is 594 g/mol. The average Bonchev–Trinajstić information content (AvgIpc) is 3.59. The van der Waals surface area contributed by atoms with Gasteiger partial charge in [-0.15, -0.1) is 0 Å². The van der Waals surface area contributed by atoms with Gasteiger partial charge in [-0.2, -0.15) is 24.2 Å². The largest absolute Gasteiger partial charge is 0.387 e. The molecule has 1 amide bonds. The van der Waals surface area contributed by atoms with Crippen molar-refractivity contribution in [1.29, 1.82) is 5.26 Å². The van der Waals surface area contributed by atoms with Gasteiger partial charge in [0.2, 0.25) is 0 Å². The van der Waals surface area contributed by atoms with Crippen molar-refractivity contribution in [2.75, 3.05) is 11.9 Å². The molecule has 10 nitrogen and oxygen atoms in total. The van der Waals surface area contributed by atoms with Crippen molar-refractivity contribution in [3.05, 3.63) is 65.2 Å². The predicted molar refractivity (Wildman–Crippen MR) is 154 cm³/mol. The van der Waals surface area contributed by atoms with Gasteiger partial charge >= 0.3 is 6.55 Å². The Balaban J connectivity index is 1.39. The van der Waals surface area contributed by atoms with Crippen molar-refractivity contribution < 1.29 is 23.1 Å². The van der Waals surface area contributed by atoms with Gasteiger partial charge in [-0.3, -0.25) is 9.78 Å². The maximum Gasteiger partial charge on any atom is 0.333 e. The van der Waals surface area contributed by atoms with Crippen LogP contribution in [0.1, 0.15) is 79.2 Å². The van der Waals surface area contributed by atoms with Crippen LogP contribution in [0.5, 0.6) is 0 Å². The minimum atomic E-state index is -2.69. The van der Waals surface area contributed by atoms with E-state index in [4.69, 9.17) is 0 Å². The first-order valence-electron chi connectivity index (χ1n) is 14.1. The van der Waals surface area contributed by atoms with Gasteiger partial charge < -0.3 is 15.7 Å². The van der Waals surface area contributed by atoms with Crippen molar-refractivity contribution in [3.63, 3.8) is 0 Å². The van der Waals surface area contributed by atoms with E-state index in [0.29, 0.717) is 38.5 Å². The van der Waals surface area contributed by atoms with E-state index >= 15 is 0 Å². The number of anilines is 1. The first-order valence-corrected chi connectivity index (χ1v) is 14.1. The van der Waals surface area contributed by atoms with E-state index < -0.39 is 24.2 Å². The zero-order chi connectivity index (χ0) is 30.9. The number of halogens is 3. The third-order valence-electron chi connectivity index (χ3n) is 7.93. The van der Waals surface area contributed by atoms with Gasteiger partial charge in [0.15, 0.2) is 0 Å². The molecule has 3 N–H and O–H groups in total. The Morgan fingerprint density at radius 2 is 1.93 bits per heavy atom. The normalized spacial score (nSPS) is 18.0. The SMILES string of the molecule is Cc1nn(C(F)F)cc1C1CCC(Nc2cc(-c3ccc4cc(C#N)cnn34)ncc2C(=O)NC[C@@H](F)C(C)(C)O)CC1. The summed E-state index contributed by atoms with van der Waals surface area (Å²) in [6.07, 6.45) is 5.56. The average molecular weight is 595 g/mol. The third-order valence-corrected chi connectivity index (χ3v) is 7.93. The highest BCUT2D eigenvalue weighted by atomic mass is 19.3. The lowest BCUT2D eigenvalue weighted by Gasteiger charge is -2.30. The number of alkyl halides is 3. The highest BCUT2D eigenvalue weighted by Crippen LogP contribution is 2.36. The molecule has 1 fully saturated rings. The number of hydrogen-bond donors (Lipinski definition) is 3. The maximum absolute atomic E-state index is 14.4. The molecule has 13 heteroatoms. The summed E-state index contributed by atoms with van der Waals surface area (Å²) in [4.78, 5) is 17.7. The van der Waals surface area contributed by atoms with Crippen LogP contribution in [0.2, 0.25) is 0 Å². The molecule has 226 valence electrons. The van der Waals surface area contributed by atoms with Crippen molar-refractivity contribution in [2.24, 2.45) is 0 Å². The van der Waals surface area contributed by atoms with Crippen LogP contribution in [0.3, 0.4) is 0 Å². The Morgan fingerprint density at radius 3 is 2.58 bits per heavy atom. The Hall–Kier alpha value is -4.44. The molecule has 4 aromatic rings. The Labute approximate surface area is 246 Å². The second-order valence-electron chi connectivity index (χ2n) is 11.5. The van der Waals surface area contributed by atoms with Crippen LogP contribution in [0.4, 0.5) is 18.9 Å². The van der Waals surface area contributed by atoms with Crippen LogP contribution in [0, 0.1) is 18.3 Å². The van der Waals surface area contributed by atoms with E-state index in [1.807, 2.05) is 12.1 Å². The second-order valence-corrected chi connectivity index (χ2v) is 11.5. The summed E-state index contributed by atoms with van der Waals surface area (Å²) in [5.41, 5.74) is 2.81. The lowest BCUT2D eigenvalue weighted by atomic mass is 9.82. The van der Waals surface area contributed by atoms with E-state index in [0.717, 1.165) is 31.2 Å². The molecule has 0 spiro atoms. The summed E-state index contributed by atoms with van der Waals surface area (Å²) in [5.74, 6) is -0.449. The number of fused-ring (bicyclic) bond motifs is 1. The quantitative estimate of drug-likeness (QED) is 0.244. The van der Waals surface area contributed by atoms with Crippen LogP contribution in [-0.4, -0.2) is 59.8 Å². The summed E-state index contributed by atoms with van der Waals surface area (Å²) in [6.45, 7) is 1.34. The van der Waals surface area contributed by atoms with Crippen LogP contribution in [-0.2, 0) is 0 Å². The topological polar surface area (TPSA) is 133 Å². The fourth-order valence-electron chi connectivity index (χ4n) is 5.44. The maximum atomic E-state index is 14.4. The molecular formula is C30H33F3N8O2. The molecule has 0 radical (unpaired) electrons. The summed E-state index contributed by atoms with van der Waals surface area (Å²) in [7, 11) is 0. The number of aryl methyl sites for hydroxylation is 1. The molecule has 0 unspecified atom stereocenters. The summed E-state index contributed by atoms with van der Waals surface area (Å²) < 4.78 is 43.0. The van der Waals surface area contributed by atoms with Gasteiger partial charge in [0, 0.05) is 18.4 Å². The molecule has 5 rings (SSSR count). The van der Waals surface area contributed by atoms with Crippen molar-refractivity contribution >= 4 is 17.1 Å². The smallest absolute Gasteiger partial charge is 0.333 e. The number of carbonyl (C=O) groups excluding carboxylic acids is 1. The number of aromatic nitrogens is 5. The molecule has 43 heavy (non-hydrogen) atoms. The molecule has 0 aromatic carbocycles. The number of nitrogens with one attached hydrogen (secondary N) is 2. The Morgan fingerprint density at radius 1 is 1.19 bits per heavy atom. The molecule has 1 atom stereocenters. The highest BCUT2D eigenvalue weighted by molar-refractivity contribution is 6.00. The summed E-state index contributed by atoms with van der Waals surface area (Å²) in [5, 5.41) is 33.5. The van der Waals surface area contributed by atoms with Gasteiger partial charge in [0.25, 0.3) is 5.91 Å². The van der Waals surface area contributed by atoms with Crippen LogP contribution >= 0.6 is 0 Å². The van der Waals surface area contributed by atoms with Gasteiger partial charge in [0.1, 0.15) is 12.2 Å². The number of rotatable bonds is 9. The van der Waals surface area contributed by atoms with E-state index in [1.165, 1.54) is 32.4 Å². The number of nitrogens with zero attached hydrogens (tertiary/aromatic N) is 6. The zero-order valence-electron chi connectivity index (χ0n) is 24.1. The fourth-order valence-corrected chi connectivity index (χ4v) is 5.44. The number of carbonyl (C=O) groups is 1. The van der Waals surface area contributed by atoms with Gasteiger partial charge in [-0.1, -0.05) is 0 Å². The first kappa shape index (κ1) is 30.0. The molecule has 4 heterocycles. The standard InChI is InChI=1S/C30H33F3N8O2/c1-17-23(16-40(39-17)29(32)33)19-4-6-20(7-5-19)38-24-11-25(26-9-8-21-10-18(12-34)13-37-41(21)26)35-14-22(24)28(42)36-15-27(31)30(2,3)43/h8-11,13-14,16,19-20,27,29,43H,4-7,15H2,1-3H3,(H,35,38)(H,36,42)/t19?,20?,27-/m1/s1. The number of pyridine rings is 1. The van der Waals surface area contributed by atoms with Gasteiger partial charge in [-0.05, 0) is 82.2 Å². The van der Waals surface area contributed by atoms with Crippen molar-refractivity contribution in [1.82, 2.24) is 29.7 Å². The van der Waals surface area contributed by atoms with Crippen molar-refractivity contribution in [2.45, 2.75) is 76.7 Å². The number of aliphatic hydroxyl groups is 1. The van der Waals surface area contributed by atoms with E-state index in [2.05, 4.69) is 31.9 Å². The van der Waals surface area contributed by atoms with Gasteiger partial charge in [-0.25, -0.2) is 13.6 Å². The molecule has 4 aromatic heterocycles. The minimum absolute atomic E-state index is 0.0193. The lowest BCUT2D eigenvalue weighted by molar-refractivity contribution is -0.00178. The Kier molecular flexibility index (Phi) is 8.41. The Bertz CT molecular complexity index is 1660. The van der Waals surface area contributed by atoms with E-state index in [-0.39, 0.29) is 24.1 Å². The predicted octanol–water partition coefficient (Wildman–Crippen LogP) is 5.15. The van der Waals surface area contributed by atoms with E-state index in [1.54, 1.807) is 23.6 Å². The first-order chi connectivity index (χ1) is 20.4. The zero-order valence-corrected chi connectivity index (χ0v) is 24.1. The van der Waals surface area contributed by atoms with Crippen LogP contribution in [0.15, 0.2) is 42.9 Å². The lowest BCUT2D eigenvalue weighted by Crippen LogP contribution is -2.42. The van der Waals surface area contributed by atoms with Gasteiger partial charge in [0.05, 0.1) is 57.8 Å². The minimum Gasteiger partial charge on any atom is -0.387 e. The molecule has 1 aliphatic carbocycles. The molecule has 0 aliphatic heterocycles. The van der Waals surface area contributed by atoms with Crippen LogP contribution in [0.25, 0.3) is 16.9 Å². The molecular weight excluding hydrogens is 561 g/mol. The third kappa shape index (κ3) is 6.49. The molecule has 0 saturated heterocycles. The van der Waals surface area contributed by atoms with Crippen molar-refractivity contribution in [3.8, 4) is 17.5 Å². The van der Waals surface area contributed by atoms with Crippen LogP contribution < -0.4 is 10.6 Å². The molecule has 0 bridgehead atoms. The second kappa shape index (κ2) is 12.0.